The van der Waals surface area contributed by atoms with Crippen molar-refractivity contribution in [1.29, 1.82) is 0 Å². The number of carboxylic acid groups (broad SMARTS) is 1. The second kappa shape index (κ2) is 7.59. The highest BCUT2D eigenvalue weighted by Gasteiger charge is 2.40. The Balaban J connectivity index is 1.91. The molecule has 1 atom stereocenters. The van der Waals surface area contributed by atoms with Crippen molar-refractivity contribution in [2.45, 2.75) is 43.9 Å². The number of amides is 1. The van der Waals surface area contributed by atoms with Gasteiger partial charge in [0.25, 0.3) is 5.91 Å². The van der Waals surface area contributed by atoms with Gasteiger partial charge >= 0.3 is 5.97 Å². The van der Waals surface area contributed by atoms with Crippen molar-refractivity contribution in [3.05, 3.63) is 29.8 Å². The minimum Gasteiger partial charge on any atom is -0.481 e. The van der Waals surface area contributed by atoms with E-state index in [1.165, 1.54) is 21.3 Å². The summed E-state index contributed by atoms with van der Waals surface area (Å²) in [5.74, 6) is -1.35. The minimum absolute atomic E-state index is 0.0134. The van der Waals surface area contributed by atoms with Crippen LogP contribution in [0.15, 0.2) is 29.2 Å². The van der Waals surface area contributed by atoms with Crippen LogP contribution in [0.3, 0.4) is 0 Å². The van der Waals surface area contributed by atoms with Crippen LogP contribution >= 0.6 is 0 Å². The number of rotatable bonds is 4. The molecule has 2 heterocycles. The fourth-order valence-corrected chi connectivity index (χ4v) is 5.57. The van der Waals surface area contributed by atoms with Crippen LogP contribution in [0, 0.1) is 5.41 Å². The molecule has 1 unspecified atom stereocenters. The molecule has 2 aliphatic heterocycles. The third-order valence-corrected chi connectivity index (χ3v) is 7.51. The first-order valence-electron chi connectivity index (χ1n) is 9.37. The van der Waals surface area contributed by atoms with Gasteiger partial charge in [-0.25, -0.2) is 8.42 Å². The predicted molar refractivity (Wildman–Crippen MR) is 99.9 cm³/mol. The fourth-order valence-electron chi connectivity index (χ4n) is 3.87. The van der Waals surface area contributed by atoms with Crippen molar-refractivity contribution in [3.8, 4) is 0 Å². The van der Waals surface area contributed by atoms with Crippen LogP contribution in [-0.2, 0) is 14.8 Å². The first-order valence-corrected chi connectivity index (χ1v) is 10.8. The summed E-state index contributed by atoms with van der Waals surface area (Å²) in [6, 6.07) is 6.25. The van der Waals surface area contributed by atoms with Gasteiger partial charge < -0.3 is 10.0 Å². The van der Waals surface area contributed by atoms with Crippen LogP contribution in [0.25, 0.3) is 0 Å². The molecule has 148 valence electrons. The minimum atomic E-state index is -3.75. The number of benzene rings is 1. The summed E-state index contributed by atoms with van der Waals surface area (Å²) in [5.41, 5.74) is -0.882. The molecule has 1 amide bonds. The van der Waals surface area contributed by atoms with E-state index in [1.807, 2.05) is 0 Å². The SMILES string of the molecule is CC1(C(=O)O)CCCN(C(=O)c2ccccc2S(=O)(=O)N2CCCCC2)C1. The summed E-state index contributed by atoms with van der Waals surface area (Å²) in [4.78, 5) is 26.2. The Bertz CT molecular complexity index is 832. The van der Waals surface area contributed by atoms with Crippen LogP contribution in [-0.4, -0.2) is 60.8 Å². The topological polar surface area (TPSA) is 95.0 Å². The lowest BCUT2D eigenvalue weighted by Crippen LogP contribution is -2.48. The molecule has 0 saturated carbocycles. The maximum Gasteiger partial charge on any atom is 0.311 e. The summed E-state index contributed by atoms with van der Waals surface area (Å²) in [6.45, 7) is 3.07. The van der Waals surface area contributed by atoms with E-state index in [9.17, 15) is 23.1 Å². The molecule has 0 aromatic heterocycles. The number of carbonyl (C=O) groups is 2. The van der Waals surface area contributed by atoms with E-state index < -0.39 is 27.3 Å². The van der Waals surface area contributed by atoms with Crippen LogP contribution < -0.4 is 0 Å². The average Bonchev–Trinajstić information content (AvgIpc) is 2.68. The Labute approximate surface area is 160 Å². The van der Waals surface area contributed by atoms with Crippen molar-refractivity contribution in [1.82, 2.24) is 9.21 Å². The summed E-state index contributed by atoms with van der Waals surface area (Å²) < 4.78 is 27.6. The number of hydrogen-bond acceptors (Lipinski definition) is 4. The van der Waals surface area contributed by atoms with Crippen LogP contribution in [0.2, 0.25) is 0 Å². The van der Waals surface area contributed by atoms with Crippen molar-refractivity contribution >= 4 is 21.9 Å². The third kappa shape index (κ3) is 3.87. The molecule has 27 heavy (non-hydrogen) atoms. The molecule has 0 radical (unpaired) electrons. The van der Waals surface area contributed by atoms with Gasteiger partial charge in [-0.15, -0.1) is 0 Å². The number of carbonyl (C=O) groups excluding carboxylic acids is 1. The first kappa shape index (κ1) is 19.8. The van der Waals surface area contributed by atoms with Gasteiger partial charge in [0.1, 0.15) is 0 Å². The molecule has 3 rings (SSSR count). The van der Waals surface area contributed by atoms with Crippen molar-refractivity contribution in [2.24, 2.45) is 5.41 Å². The predicted octanol–water partition coefficient (Wildman–Crippen LogP) is 2.19. The van der Waals surface area contributed by atoms with Crippen molar-refractivity contribution in [3.63, 3.8) is 0 Å². The molecule has 8 heteroatoms. The largest absolute Gasteiger partial charge is 0.481 e. The van der Waals surface area contributed by atoms with Crippen molar-refractivity contribution < 1.29 is 23.1 Å². The lowest BCUT2D eigenvalue weighted by molar-refractivity contribution is -0.150. The Morgan fingerprint density at radius 3 is 2.37 bits per heavy atom. The number of hydrogen-bond donors (Lipinski definition) is 1. The van der Waals surface area contributed by atoms with E-state index in [1.54, 1.807) is 19.1 Å². The number of piperidine rings is 2. The number of sulfonamides is 1. The van der Waals surface area contributed by atoms with Gasteiger partial charge in [-0.05, 0) is 44.7 Å². The van der Waals surface area contributed by atoms with Gasteiger partial charge in [0.2, 0.25) is 10.0 Å². The molecule has 0 aliphatic carbocycles. The lowest BCUT2D eigenvalue weighted by atomic mass is 9.82. The van der Waals surface area contributed by atoms with E-state index in [0.717, 1.165) is 19.3 Å². The zero-order chi connectivity index (χ0) is 19.7. The second-order valence-electron chi connectivity index (χ2n) is 7.66. The normalized spacial score (nSPS) is 24.6. The second-order valence-corrected chi connectivity index (χ2v) is 9.56. The summed E-state index contributed by atoms with van der Waals surface area (Å²) in [7, 11) is -3.75. The molecule has 2 saturated heterocycles. The molecule has 1 aromatic carbocycles. The molecule has 0 spiro atoms. The summed E-state index contributed by atoms with van der Waals surface area (Å²) in [6.07, 6.45) is 3.72. The quantitative estimate of drug-likeness (QED) is 0.845. The van der Waals surface area contributed by atoms with E-state index in [-0.39, 0.29) is 17.0 Å². The van der Waals surface area contributed by atoms with E-state index in [0.29, 0.717) is 32.5 Å². The highest BCUT2D eigenvalue weighted by atomic mass is 32.2. The molecule has 0 bridgehead atoms. The molecular formula is C19H26N2O5S. The standard InChI is InChI=1S/C19H26N2O5S/c1-19(18(23)24)10-7-11-20(14-19)17(22)15-8-3-4-9-16(15)27(25,26)21-12-5-2-6-13-21/h3-4,8-9H,2,5-7,10-14H2,1H3,(H,23,24). The third-order valence-electron chi connectivity index (χ3n) is 5.55. The van der Waals surface area contributed by atoms with Gasteiger partial charge in [-0.1, -0.05) is 18.6 Å². The van der Waals surface area contributed by atoms with Gasteiger partial charge in [0, 0.05) is 26.2 Å². The molecule has 2 aliphatic rings. The molecule has 1 aromatic rings. The summed E-state index contributed by atoms with van der Waals surface area (Å²) >= 11 is 0. The van der Waals surface area contributed by atoms with Gasteiger partial charge in [0.05, 0.1) is 15.9 Å². The van der Waals surface area contributed by atoms with Gasteiger partial charge in [-0.2, -0.15) is 4.31 Å². The number of nitrogens with zero attached hydrogens (tertiary/aromatic N) is 2. The van der Waals surface area contributed by atoms with E-state index in [4.69, 9.17) is 0 Å². The Kier molecular flexibility index (Phi) is 5.58. The van der Waals surface area contributed by atoms with Crippen molar-refractivity contribution in [2.75, 3.05) is 26.2 Å². The zero-order valence-electron chi connectivity index (χ0n) is 15.6. The monoisotopic (exact) mass is 394 g/mol. The number of aliphatic carboxylic acids is 1. The fraction of sp³-hybridized carbons (Fsp3) is 0.579. The number of likely N-dealkylation sites (tertiary alicyclic amines) is 1. The molecule has 2 fully saturated rings. The highest BCUT2D eigenvalue weighted by molar-refractivity contribution is 7.89. The van der Waals surface area contributed by atoms with Gasteiger partial charge in [0.15, 0.2) is 0 Å². The maximum absolute atomic E-state index is 13.1. The molecular weight excluding hydrogens is 368 g/mol. The highest BCUT2D eigenvalue weighted by Crippen LogP contribution is 2.32. The smallest absolute Gasteiger partial charge is 0.311 e. The Hall–Kier alpha value is -1.93. The van der Waals surface area contributed by atoms with E-state index >= 15 is 0 Å². The number of carboxylic acids is 1. The lowest BCUT2D eigenvalue weighted by Gasteiger charge is -2.37. The Morgan fingerprint density at radius 1 is 1.04 bits per heavy atom. The van der Waals surface area contributed by atoms with Crippen LogP contribution in [0.1, 0.15) is 49.4 Å². The molecule has 1 N–H and O–H groups in total. The van der Waals surface area contributed by atoms with Crippen LogP contribution in [0.4, 0.5) is 0 Å². The van der Waals surface area contributed by atoms with Crippen LogP contribution in [0.5, 0.6) is 0 Å². The summed E-state index contributed by atoms with van der Waals surface area (Å²) in [5, 5.41) is 9.48. The van der Waals surface area contributed by atoms with Gasteiger partial charge in [-0.3, -0.25) is 9.59 Å². The Morgan fingerprint density at radius 2 is 1.70 bits per heavy atom. The van der Waals surface area contributed by atoms with E-state index in [2.05, 4.69) is 0 Å². The zero-order valence-corrected chi connectivity index (χ0v) is 16.4. The molecule has 7 nitrogen and oxygen atoms in total. The average molecular weight is 394 g/mol. The maximum atomic E-state index is 13.1. The first-order chi connectivity index (χ1) is 12.8.